The monoisotopic (exact) mass is 605 g/mol. The van der Waals surface area contributed by atoms with E-state index in [9.17, 15) is 18.0 Å². The quantitative estimate of drug-likeness (QED) is 0.375. The standard InChI is InChI=1S/C28H29Cl2N3O6S/c1-31-28(35)24(15-19-6-4-3-5-7-19)32(17-20-8-10-22(29)23(30)14-20)27(34)18-33(40(2,36)37)21-9-11-25-26(16-21)39-13-12-38-25/h3-11,14,16,24H,12-13,15,17-18H2,1-2H3,(H,31,35)/t24-/m1/s1. The molecule has 3 aromatic rings. The van der Waals surface area contributed by atoms with Crippen molar-refractivity contribution in [3.05, 3.63) is 87.9 Å². The lowest BCUT2D eigenvalue weighted by Gasteiger charge is -2.33. The Morgan fingerprint density at radius 3 is 2.27 bits per heavy atom. The summed E-state index contributed by atoms with van der Waals surface area (Å²) in [6, 6.07) is 17.9. The summed E-state index contributed by atoms with van der Waals surface area (Å²) in [6.45, 7) is 0.132. The molecule has 12 heteroatoms. The van der Waals surface area contributed by atoms with Crippen LogP contribution in [0, 0.1) is 0 Å². The summed E-state index contributed by atoms with van der Waals surface area (Å²) in [5.41, 5.74) is 1.68. The van der Waals surface area contributed by atoms with E-state index in [2.05, 4.69) is 5.32 Å². The first-order valence-corrected chi connectivity index (χ1v) is 15.0. The van der Waals surface area contributed by atoms with Crippen LogP contribution in [0.2, 0.25) is 10.0 Å². The predicted molar refractivity (Wildman–Crippen MR) is 155 cm³/mol. The molecule has 0 aromatic heterocycles. The Bertz CT molecular complexity index is 1490. The second-order valence-electron chi connectivity index (χ2n) is 9.19. The molecule has 9 nitrogen and oxygen atoms in total. The molecule has 0 aliphatic carbocycles. The van der Waals surface area contributed by atoms with Gasteiger partial charge in [0.05, 0.1) is 22.0 Å². The summed E-state index contributed by atoms with van der Waals surface area (Å²) in [5.74, 6) is -0.123. The maximum atomic E-state index is 14.0. The van der Waals surface area contributed by atoms with Crippen molar-refractivity contribution in [2.75, 3.05) is 37.4 Å². The molecular weight excluding hydrogens is 577 g/mol. The number of sulfonamides is 1. The van der Waals surface area contributed by atoms with Crippen LogP contribution in [0.25, 0.3) is 0 Å². The summed E-state index contributed by atoms with van der Waals surface area (Å²) in [4.78, 5) is 28.5. The highest BCUT2D eigenvalue weighted by atomic mass is 35.5. The van der Waals surface area contributed by atoms with Gasteiger partial charge < -0.3 is 19.7 Å². The third kappa shape index (κ3) is 7.18. The molecule has 0 saturated carbocycles. The van der Waals surface area contributed by atoms with E-state index in [0.717, 1.165) is 16.1 Å². The van der Waals surface area contributed by atoms with Crippen LogP contribution in [-0.4, -0.2) is 64.2 Å². The third-order valence-electron chi connectivity index (χ3n) is 6.35. The number of carbonyl (C=O) groups is 2. The zero-order chi connectivity index (χ0) is 28.9. The van der Waals surface area contributed by atoms with Crippen LogP contribution in [0.5, 0.6) is 11.5 Å². The van der Waals surface area contributed by atoms with Gasteiger partial charge in [-0.05, 0) is 35.4 Å². The zero-order valence-electron chi connectivity index (χ0n) is 22.0. The highest BCUT2D eigenvalue weighted by Gasteiger charge is 2.33. The largest absolute Gasteiger partial charge is 0.486 e. The number of benzene rings is 3. The molecule has 212 valence electrons. The molecule has 2 amide bonds. The molecule has 1 aliphatic heterocycles. The smallest absolute Gasteiger partial charge is 0.244 e. The van der Waals surface area contributed by atoms with E-state index in [0.29, 0.717) is 40.3 Å². The Labute approximate surface area is 243 Å². The number of fused-ring (bicyclic) bond motifs is 1. The molecule has 1 heterocycles. The molecule has 1 atom stereocenters. The molecular formula is C28H29Cl2N3O6S. The summed E-state index contributed by atoms with van der Waals surface area (Å²) >= 11 is 12.3. The van der Waals surface area contributed by atoms with Crippen LogP contribution >= 0.6 is 23.2 Å². The molecule has 1 aliphatic rings. The van der Waals surface area contributed by atoms with Gasteiger partial charge in [-0.25, -0.2) is 8.42 Å². The van der Waals surface area contributed by atoms with Gasteiger partial charge in [0.1, 0.15) is 25.8 Å². The number of anilines is 1. The van der Waals surface area contributed by atoms with E-state index in [1.165, 1.54) is 18.0 Å². The number of nitrogens with one attached hydrogen (secondary N) is 1. The van der Waals surface area contributed by atoms with Gasteiger partial charge in [0.2, 0.25) is 21.8 Å². The van der Waals surface area contributed by atoms with Crippen molar-refractivity contribution < 1.29 is 27.5 Å². The highest BCUT2D eigenvalue weighted by molar-refractivity contribution is 7.92. The van der Waals surface area contributed by atoms with E-state index in [1.807, 2.05) is 30.3 Å². The molecule has 40 heavy (non-hydrogen) atoms. The number of halogens is 2. The number of hydrogen-bond donors (Lipinski definition) is 1. The highest BCUT2D eigenvalue weighted by Crippen LogP contribution is 2.35. The van der Waals surface area contributed by atoms with E-state index < -0.39 is 34.4 Å². The number of hydrogen-bond acceptors (Lipinski definition) is 6. The van der Waals surface area contributed by atoms with Crippen molar-refractivity contribution in [3.8, 4) is 11.5 Å². The molecule has 0 radical (unpaired) electrons. The number of likely N-dealkylation sites (N-methyl/N-ethyl adjacent to an activating group) is 1. The summed E-state index contributed by atoms with van der Waals surface area (Å²) < 4.78 is 38.0. The van der Waals surface area contributed by atoms with Gasteiger partial charge in [-0.3, -0.25) is 13.9 Å². The molecule has 0 unspecified atom stereocenters. The van der Waals surface area contributed by atoms with Crippen molar-refractivity contribution in [2.24, 2.45) is 0 Å². The maximum Gasteiger partial charge on any atom is 0.244 e. The predicted octanol–water partition coefficient (Wildman–Crippen LogP) is 3.92. The summed E-state index contributed by atoms with van der Waals surface area (Å²) in [7, 11) is -2.43. The fourth-order valence-electron chi connectivity index (χ4n) is 4.36. The van der Waals surface area contributed by atoms with Crippen molar-refractivity contribution in [2.45, 2.75) is 19.0 Å². The zero-order valence-corrected chi connectivity index (χ0v) is 24.3. The Balaban J connectivity index is 1.72. The lowest BCUT2D eigenvalue weighted by Crippen LogP contribution is -2.52. The minimum Gasteiger partial charge on any atom is -0.486 e. The van der Waals surface area contributed by atoms with Crippen LogP contribution in [0.3, 0.4) is 0 Å². The number of ether oxygens (including phenoxy) is 2. The Kier molecular flexibility index (Phi) is 9.44. The van der Waals surface area contributed by atoms with E-state index >= 15 is 0 Å². The average Bonchev–Trinajstić information content (AvgIpc) is 2.94. The fourth-order valence-corrected chi connectivity index (χ4v) is 5.52. The Hall–Kier alpha value is -3.47. The van der Waals surface area contributed by atoms with E-state index in [-0.39, 0.29) is 18.7 Å². The second-order valence-corrected chi connectivity index (χ2v) is 11.9. The number of rotatable bonds is 10. The Morgan fingerprint density at radius 1 is 0.925 bits per heavy atom. The van der Waals surface area contributed by atoms with Crippen molar-refractivity contribution in [1.82, 2.24) is 10.2 Å². The first kappa shape index (κ1) is 29.5. The van der Waals surface area contributed by atoms with Crippen molar-refractivity contribution in [3.63, 3.8) is 0 Å². The fraction of sp³-hybridized carbons (Fsp3) is 0.286. The number of nitrogens with zero attached hydrogens (tertiary/aromatic N) is 2. The van der Waals surface area contributed by atoms with Gasteiger partial charge in [0.15, 0.2) is 11.5 Å². The van der Waals surface area contributed by atoms with E-state index in [1.54, 1.807) is 30.3 Å². The second kappa shape index (κ2) is 12.8. The van der Waals surface area contributed by atoms with Crippen LogP contribution in [-0.2, 0) is 32.6 Å². The average molecular weight is 607 g/mol. The summed E-state index contributed by atoms with van der Waals surface area (Å²) in [5, 5.41) is 3.27. The molecule has 3 aromatic carbocycles. The van der Waals surface area contributed by atoms with Gasteiger partial charge in [0.25, 0.3) is 0 Å². The molecule has 1 N–H and O–H groups in total. The first-order valence-electron chi connectivity index (χ1n) is 12.4. The van der Waals surface area contributed by atoms with Crippen molar-refractivity contribution in [1.29, 1.82) is 0 Å². The lowest BCUT2D eigenvalue weighted by molar-refractivity contribution is -0.139. The van der Waals surface area contributed by atoms with Crippen LogP contribution < -0.4 is 19.1 Å². The van der Waals surface area contributed by atoms with Gasteiger partial charge in [-0.15, -0.1) is 0 Å². The van der Waals surface area contributed by atoms with Gasteiger partial charge in [-0.2, -0.15) is 0 Å². The Morgan fingerprint density at radius 2 is 1.62 bits per heavy atom. The normalized spacial score (nSPS) is 13.3. The topological polar surface area (TPSA) is 105 Å². The van der Waals surface area contributed by atoms with Crippen LogP contribution in [0.4, 0.5) is 5.69 Å². The lowest BCUT2D eigenvalue weighted by atomic mass is 10.0. The summed E-state index contributed by atoms with van der Waals surface area (Å²) in [6.07, 6.45) is 1.22. The van der Waals surface area contributed by atoms with Crippen LogP contribution in [0.15, 0.2) is 66.7 Å². The molecule has 0 fully saturated rings. The van der Waals surface area contributed by atoms with Crippen LogP contribution in [0.1, 0.15) is 11.1 Å². The molecule has 0 spiro atoms. The molecule has 4 rings (SSSR count). The van der Waals surface area contributed by atoms with E-state index in [4.69, 9.17) is 32.7 Å². The molecule has 0 saturated heterocycles. The minimum atomic E-state index is -3.92. The number of carbonyl (C=O) groups excluding carboxylic acids is 2. The molecule has 0 bridgehead atoms. The third-order valence-corrected chi connectivity index (χ3v) is 8.23. The van der Waals surface area contributed by atoms with Gasteiger partial charge in [0, 0.05) is 26.1 Å². The SMILES string of the molecule is CNC(=O)[C@@H](Cc1ccccc1)N(Cc1ccc(Cl)c(Cl)c1)C(=O)CN(c1ccc2c(c1)OCCO2)S(C)(=O)=O. The first-order chi connectivity index (χ1) is 19.1. The maximum absolute atomic E-state index is 14.0. The van der Waals surface area contributed by atoms with Crippen molar-refractivity contribution >= 4 is 50.7 Å². The van der Waals surface area contributed by atoms with Gasteiger partial charge >= 0.3 is 0 Å². The number of amides is 2. The minimum absolute atomic E-state index is 0.0145. The van der Waals surface area contributed by atoms with Gasteiger partial charge in [-0.1, -0.05) is 59.6 Å².